The van der Waals surface area contributed by atoms with Crippen molar-refractivity contribution >= 4 is 23.0 Å². The van der Waals surface area contributed by atoms with Crippen molar-refractivity contribution in [3.8, 4) is 0 Å². The molecule has 0 radical (unpaired) electrons. The molecule has 2 aliphatic heterocycles. The summed E-state index contributed by atoms with van der Waals surface area (Å²) >= 11 is 0. The van der Waals surface area contributed by atoms with E-state index in [1.807, 2.05) is 9.80 Å². The number of benzene rings is 1. The van der Waals surface area contributed by atoms with Crippen molar-refractivity contribution in [2.45, 2.75) is 38.8 Å². The van der Waals surface area contributed by atoms with Gasteiger partial charge in [-0.1, -0.05) is 13.8 Å². The van der Waals surface area contributed by atoms with Gasteiger partial charge in [0.15, 0.2) is 0 Å². The van der Waals surface area contributed by atoms with Crippen LogP contribution in [0.3, 0.4) is 0 Å². The van der Waals surface area contributed by atoms with Crippen molar-refractivity contribution in [3.05, 3.63) is 23.8 Å². The lowest BCUT2D eigenvalue weighted by Gasteiger charge is -2.38. The fourth-order valence-corrected chi connectivity index (χ4v) is 3.83. The maximum Gasteiger partial charge on any atom is 0.410 e. The van der Waals surface area contributed by atoms with Gasteiger partial charge in [-0.3, -0.25) is 9.69 Å². The van der Waals surface area contributed by atoms with Crippen LogP contribution in [-0.2, 0) is 4.74 Å². The molecule has 2 amide bonds. The molecule has 8 nitrogen and oxygen atoms in total. The van der Waals surface area contributed by atoms with Gasteiger partial charge in [0.2, 0.25) is 0 Å². The number of carbonyl (C=O) groups excluding carboxylic acids is 2. The topological polar surface area (TPSA) is 88.8 Å². The summed E-state index contributed by atoms with van der Waals surface area (Å²) in [4.78, 5) is 28.6. The smallest absolute Gasteiger partial charge is 0.410 e. The second kappa shape index (κ2) is 6.59. The van der Waals surface area contributed by atoms with E-state index in [-0.39, 0.29) is 24.1 Å². The summed E-state index contributed by atoms with van der Waals surface area (Å²) in [5, 5.41) is 7.54. The van der Waals surface area contributed by atoms with E-state index in [9.17, 15) is 9.59 Å². The fraction of sp³-hybridized carbons (Fsp3) is 0.556. The van der Waals surface area contributed by atoms with Gasteiger partial charge < -0.3 is 9.64 Å². The molecule has 0 spiro atoms. The first-order chi connectivity index (χ1) is 12.5. The van der Waals surface area contributed by atoms with E-state index in [1.165, 1.54) is 0 Å². The van der Waals surface area contributed by atoms with E-state index >= 15 is 0 Å². The third-order valence-electron chi connectivity index (χ3n) is 5.36. The molecule has 1 unspecified atom stereocenters. The van der Waals surface area contributed by atoms with Gasteiger partial charge in [-0.2, -0.15) is 0 Å². The molecule has 0 bridgehead atoms. The predicted octanol–water partition coefficient (Wildman–Crippen LogP) is 2.30. The number of ether oxygens (including phenoxy) is 1. The summed E-state index contributed by atoms with van der Waals surface area (Å²) in [5.74, 6) is 0.321. The standard InChI is InChI=1S/C18H22N4O4/c1-11(2)16-10-25-18(24)22(16)13-5-7-21(8-6-13)17(23)12-3-4-14-15(9-12)20-26-19-14/h3-4,9,11,13,16H,5-8,10H2,1-2H3. The number of piperidine rings is 1. The zero-order chi connectivity index (χ0) is 18.3. The van der Waals surface area contributed by atoms with E-state index in [2.05, 4.69) is 28.8 Å². The van der Waals surface area contributed by atoms with Gasteiger partial charge in [0.05, 0.1) is 6.04 Å². The van der Waals surface area contributed by atoms with Gasteiger partial charge in [0.1, 0.15) is 17.6 Å². The van der Waals surface area contributed by atoms with Crippen molar-refractivity contribution in [2.75, 3.05) is 19.7 Å². The lowest BCUT2D eigenvalue weighted by Crippen LogP contribution is -2.50. The Hall–Kier alpha value is -2.64. The fourth-order valence-electron chi connectivity index (χ4n) is 3.83. The summed E-state index contributed by atoms with van der Waals surface area (Å²) in [6.07, 6.45) is 1.30. The number of nitrogens with zero attached hydrogens (tertiary/aromatic N) is 4. The molecule has 2 fully saturated rings. The highest BCUT2D eigenvalue weighted by Crippen LogP contribution is 2.28. The molecule has 0 saturated carbocycles. The quantitative estimate of drug-likeness (QED) is 0.836. The van der Waals surface area contributed by atoms with Crippen molar-refractivity contribution in [3.63, 3.8) is 0 Å². The van der Waals surface area contributed by atoms with Crippen LogP contribution in [0.5, 0.6) is 0 Å². The lowest BCUT2D eigenvalue weighted by molar-refractivity contribution is 0.0620. The minimum absolute atomic E-state index is 0.0299. The molecular formula is C18H22N4O4. The maximum absolute atomic E-state index is 12.8. The minimum atomic E-state index is -0.225. The number of hydrogen-bond donors (Lipinski definition) is 0. The highest BCUT2D eigenvalue weighted by molar-refractivity contribution is 5.97. The molecule has 3 heterocycles. The van der Waals surface area contributed by atoms with Crippen LogP contribution in [0.25, 0.3) is 11.0 Å². The molecule has 4 rings (SSSR count). The maximum atomic E-state index is 12.8. The average molecular weight is 358 g/mol. The Balaban J connectivity index is 1.43. The molecule has 1 atom stereocenters. The largest absolute Gasteiger partial charge is 0.447 e. The highest BCUT2D eigenvalue weighted by atomic mass is 16.6. The van der Waals surface area contributed by atoms with Gasteiger partial charge in [-0.25, -0.2) is 9.42 Å². The normalized spacial score (nSPS) is 21.7. The summed E-state index contributed by atoms with van der Waals surface area (Å²) in [6, 6.07) is 5.43. The van der Waals surface area contributed by atoms with Crippen LogP contribution in [-0.4, -0.2) is 63.9 Å². The number of hydrogen-bond acceptors (Lipinski definition) is 6. The summed E-state index contributed by atoms with van der Waals surface area (Å²) in [5.41, 5.74) is 1.78. The second-order valence-electron chi connectivity index (χ2n) is 7.29. The van der Waals surface area contributed by atoms with Crippen LogP contribution in [0.2, 0.25) is 0 Å². The SMILES string of the molecule is CC(C)C1COC(=O)N1C1CCN(C(=O)c2ccc3nonc3c2)CC1. The first-order valence-corrected chi connectivity index (χ1v) is 9.01. The van der Waals surface area contributed by atoms with E-state index in [0.717, 1.165) is 12.8 Å². The lowest BCUT2D eigenvalue weighted by atomic mass is 9.97. The molecule has 0 aliphatic carbocycles. The highest BCUT2D eigenvalue weighted by Gasteiger charge is 2.41. The van der Waals surface area contributed by atoms with E-state index in [1.54, 1.807) is 18.2 Å². The van der Waals surface area contributed by atoms with Crippen LogP contribution in [0, 0.1) is 5.92 Å². The van der Waals surface area contributed by atoms with Gasteiger partial charge in [0, 0.05) is 24.7 Å². The van der Waals surface area contributed by atoms with Crippen LogP contribution in [0.4, 0.5) is 4.79 Å². The third kappa shape index (κ3) is 2.89. The number of cyclic esters (lactones) is 1. The number of amides is 2. The molecular weight excluding hydrogens is 336 g/mol. The van der Waals surface area contributed by atoms with Crippen LogP contribution < -0.4 is 0 Å². The van der Waals surface area contributed by atoms with Crippen LogP contribution in [0.1, 0.15) is 37.0 Å². The Labute approximate surface area is 151 Å². The number of carbonyl (C=O) groups is 2. The number of fused-ring (bicyclic) bond motifs is 1. The van der Waals surface area contributed by atoms with Crippen molar-refractivity contribution in [1.29, 1.82) is 0 Å². The molecule has 1 aromatic carbocycles. The Morgan fingerprint density at radius 1 is 1.19 bits per heavy atom. The molecule has 1 aromatic heterocycles. The van der Waals surface area contributed by atoms with Gasteiger partial charge >= 0.3 is 6.09 Å². The third-order valence-corrected chi connectivity index (χ3v) is 5.36. The Morgan fingerprint density at radius 3 is 2.65 bits per heavy atom. The van der Waals surface area contributed by atoms with Crippen LogP contribution in [0.15, 0.2) is 22.8 Å². The predicted molar refractivity (Wildman–Crippen MR) is 92.5 cm³/mol. The summed E-state index contributed by atoms with van der Waals surface area (Å²) < 4.78 is 9.94. The summed E-state index contributed by atoms with van der Waals surface area (Å²) in [7, 11) is 0. The van der Waals surface area contributed by atoms with E-state index < -0.39 is 0 Å². The first kappa shape index (κ1) is 16.8. The van der Waals surface area contributed by atoms with Gasteiger partial charge in [-0.05, 0) is 47.3 Å². The zero-order valence-electron chi connectivity index (χ0n) is 14.9. The average Bonchev–Trinajstić information content (AvgIpc) is 3.27. The minimum Gasteiger partial charge on any atom is -0.447 e. The molecule has 8 heteroatoms. The number of likely N-dealkylation sites (tertiary alicyclic amines) is 1. The monoisotopic (exact) mass is 358 g/mol. The number of rotatable bonds is 3. The van der Waals surface area contributed by atoms with Crippen LogP contribution >= 0.6 is 0 Å². The van der Waals surface area contributed by atoms with Crippen molar-refractivity contribution < 1.29 is 19.0 Å². The molecule has 26 heavy (non-hydrogen) atoms. The summed E-state index contributed by atoms with van der Waals surface area (Å²) in [6.45, 7) is 5.90. The van der Waals surface area contributed by atoms with Gasteiger partial charge in [0.25, 0.3) is 5.91 Å². The zero-order valence-corrected chi connectivity index (χ0v) is 14.9. The molecule has 2 aliphatic rings. The van der Waals surface area contributed by atoms with Crippen molar-refractivity contribution in [2.24, 2.45) is 5.92 Å². The van der Waals surface area contributed by atoms with E-state index in [4.69, 9.17) is 4.74 Å². The molecule has 2 saturated heterocycles. The molecule has 0 N–H and O–H groups in total. The molecule has 138 valence electrons. The Morgan fingerprint density at radius 2 is 1.92 bits per heavy atom. The van der Waals surface area contributed by atoms with Crippen molar-refractivity contribution in [1.82, 2.24) is 20.1 Å². The first-order valence-electron chi connectivity index (χ1n) is 9.01. The van der Waals surface area contributed by atoms with E-state index in [0.29, 0.717) is 42.2 Å². The Kier molecular flexibility index (Phi) is 4.26. The Bertz CT molecular complexity index is 825. The second-order valence-corrected chi connectivity index (χ2v) is 7.29. The number of aromatic nitrogens is 2. The van der Waals surface area contributed by atoms with Gasteiger partial charge in [-0.15, -0.1) is 0 Å². The molecule has 2 aromatic rings.